The molecule has 2 N–H and O–H groups in total. The van der Waals surface area contributed by atoms with Gasteiger partial charge >= 0.3 is 0 Å². The zero-order chi connectivity index (χ0) is 13.0. The third-order valence-electron chi connectivity index (χ3n) is 5.97. The third-order valence-corrected chi connectivity index (χ3v) is 5.97. The fourth-order valence-electron chi connectivity index (χ4n) is 5.59. The molecule has 5 rings (SSSR count). The first kappa shape index (κ1) is 11.9. The van der Waals surface area contributed by atoms with Gasteiger partial charge in [-0.15, -0.1) is 0 Å². The number of nitrogens with two attached hydrogens (primary N) is 1. The normalized spacial score (nSPS) is 41.7. The smallest absolute Gasteiger partial charge is 0.144 e. The second-order valence-electron chi connectivity index (χ2n) is 7.19. The van der Waals surface area contributed by atoms with Gasteiger partial charge < -0.3 is 5.73 Å². The SMILES string of the molecule is CCn1ncnc1C(N)C12CC3CC(CC(C3)C1)C2. The van der Waals surface area contributed by atoms with Crippen LogP contribution in [0.1, 0.15) is 57.3 Å². The zero-order valence-electron chi connectivity index (χ0n) is 11.8. The minimum absolute atomic E-state index is 0.0864. The lowest BCUT2D eigenvalue weighted by Crippen LogP contribution is -2.51. The first-order valence-electron chi connectivity index (χ1n) is 7.83. The number of nitrogens with zero attached hydrogens (tertiary/aromatic N) is 3. The maximum atomic E-state index is 6.69. The molecule has 1 aromatic rings. The lowest BCUT2D eigenvalue weighted by Gasteiger charge is -2.58. The van der Waals surface area contributed by atoms with Gasteiger partial charge in [0.1, 0.15) is 12.2 Å². The van der Waals surface area contributed by atoms with Crippen molar-refractivity contribution in [3.63, 3.8) is 0 Å². The van der Waals surface area contributed by atoms with Gasteiger partial charge in [0, 0.05) is 6.54 Å². The monoisotopic (exact) mass is 260 g/mol. The summed E-state index contributed by atoms with van der Waals surface area (Å²) in [6.07, 6.45) is 10.1. The molecule has 4 fully saturated rings. The number of rotatable bonds is 3. The Bertz CT molecular complexity index is 443. The minimum atomic E-state index is 0.0864. The molecule has 104 valence electrons. The first-order valence-corrected chi connectivity index (χ1v) is 7.83. The molecular weight excluding hydrogens is 236 g/mol. The standard InChI is InChI=1S/C15H24N4/c1-2-19-14(17-9-18-19)13(16)15-6-10-3-11(7-15)5-12(4-10)8-15/h9-13H,2-8,16H2,1H3. The molecule has 1 heterocycles. The Morgan fingerprint density at radius 1 is 1.26 bits per heavy atom. The average molecular weight is 260 g/mol. The molecule has 4 nitrogen and oxygen atoms in total. The second kappa shape index (κ2) is 4.05. The van der Waals surface area contributed by atoms with E-state index in [1.807, 2.05) is 4.68 Å². The summed E-state index contributed by atoms with van der Waals surface area (Å²) in [5.74, 6) is 3.84. The van der Waals surface area contributed by atoms with Crippen LogP contribution in [0.2, 0.25) is 0 Å². The highest BCUT2D eigenvalue weighted by molar-refractivity contribution is 5.10. The van der Waals surface area contributed by atoms with Crippen LogP contribution in [0.15, 0.2) is 6.33 Å². The Kier molecular flexibility index (Phi) is 2.53. The first-order chi connectivity index (χ1) is 9.20. The van der Waals surface area contributed by atoms with Crippen LogP contribution in [0.5, 0.6) is 0 Å². The van der Waals surface area contributed by atoms with E-state index in [0.29, 0.717) is 5.41 Å². The Balaban J connectivity index is 1.68. The van der Waals surface area contributed by atoms with Crippen molar-refractivity contribution >= 4 is 0 Å². The van der Waals surface area contributed by atoms with Gasteiger partial charge in [-0.2, -0.15) is 5.10 Å². The highest BCUT2D eigenvalue weighted by Crippen LogP contribution is 2.63. The fraction of sp³-hybridized carbons (Fsp3) is 0.867. The van der Waals surface area contributed by atoms with Gasteiger partial charge in [0.15, 0.2) is 0 Å². The molecule has 19 heavy (non-hydrogen) atoms. The predicted molar refractivity (Wildman–Crippen MR) is 73.2 cm³/mol. The van der Waals surface area contributed by atoms with Crippen LogP contribution in [-0.2, 0) is 6.54 Å². The summed E-state index contributed by atoms with van der Waals surface area (Å²) in [4.78, 5) is 4.47. The molecule has 0 aliphatic heterocycles. The van der Waals surface area contributed by atoms with Crippen molar-refractivity contribution in [2.75, 3.05) is 0 Å². The topological polar surface area (TPSA) is 56.7 Å². The number of hydrogen-bond acceptors (Lipinski definition) is 3. The van der Waals surface area contributed by atoms with Crippen molar-refractivity contribution in [2.24, 2.45) is 28.9 Å². The van der Waals surface area contributed by atoms with Crippen LogP contribution < -0.4 is 5.73 Å². The van der Waals surface area contributed by atoms with E-state index in [4.69, 9.17) is 5.73 Å². The minimum Gasteiger partial charge on any atom is -0.321 e. The molecule has 1 aromatic heterocycles. The van der Waals surface area contributed by atoms with Crippen molar-refractivity contribution in [2.45, 2.75) is 58.0 Å². The van der Waals surface area contributed by atoms with Crippen LogP contribution in [0.4, 0.5) is 0 Å². The molecule has 4 saturated carbocycles. The van der Waals surface area contributed by atoms with Crippen molar-refractivity contribution in [1.82, 2.24) is 14.8 Å². The molecule has 0 amide bonds. The van der Waals surface area contributed by atoms with E-state index in [2.05, 4.69) is 17.0 Å². The Hall–Kier alpha value is -0.900. The highest BCUT2D eigenvalue weighted by atomic mass is 15.3. The summed E-state index contributed by atoms with van der Waals surface area (Å²) in [5, 5.41) is 4.31. The van der Waals surface area contributed by atoms with Crippen molar-refractivity contribution in [3.8, 4) is 0 Å². The molecule has 0 aromatic carbocycles. The zero-order valence-corrected chi connectivity index (χ0v) is 11.8. The molecule has 4 bridgehead atoms. The maximum Gasteiger partial charge on any atom is 0.144 e. The van der Waals surface area contributed by atoms with E-state index >= 15 is 0 Å². The lowest BCUT2D eigenvalue weighted by atomic mass is 9.47. The Labute approximate surface area is 114 Å². The van der Waals surface area contributed by atoms with E-state index < -0.39 is 0 Å². The Morgan fingerprint density at radius 2 is 1.84 bits per heavy atom. The van der Waals surface area contributed by atoms with Gasteiger partial charge in [0.05, 0.1) is 6.04 Å². The van der Waals surface area contributed by atoms with Crippen LogP contribution in [-0.4, -0.2) is 14.8 Å². The summed E-state index contributed by atoms with van der Waals surface area (Å²) < 4.78 is 1.99. The van der Waals surface area contributed by atoms with Crippen LogP contribution in [0.25, 0.3) is 0 Å². The van der Waals surface area contributed by atoms with Gasteiger partial charge in [0.2, 0.25) is 0 Å². The van der Waals surface area contributed by atoms with E-state index in [9.17, 15) is 0 Å². The van der Waals surface area contributed by atoms with E-state index in [-0.39, 0.29) is 6.04 Å². The molecular formula is C15H24N4. The Morgan fingerprint density at radius 3 is 2.37 bits per heavy atom. The summed E-state index contributed by atoms with van der Waals surface area (Å²) in [6.45, 7) is 2.99. The summed E-state index contributed by atoms with van der Waals surface area (Å²) in [7, 11) is 0. The number of hydrogen-bond donors (Lipinski definition) is 1. The number of aryl methyl sites for hydroxylation is 1. The molecule has 0 radical (unpaired) electrons. The second-order valence-corrected chi connectivity index (χ2v) is 7.19. The van der Waals surface area contributed by atoms with Gasteiger partial charge in [-0.05, 0) is 68.6 Å². The molecule has 0 spiro atoms. The van der Waals surface area contributed by atoms with Gasteiger partial charge in [-0.1, -0.05) is 0 Å². The van der Waals surface area contributed by atoms with Crippen molar-refractivity contribution in [1.29, 1.82) is 0 Å². The summed E-state index contributed by atoms with van der Waals surface area (Å²) >= 11 is 0. The quantitative estimate of drug-likeness (QED) is 0.908. The molecule has 0 saturated heterocycles. The summed E-state index contributed by atoms with van der Waals surface area (Å²) in [6, 6.07) is 0.0864. The summed E-state index contributed by atoms with van der Waals surface area (Å²) in [5.41, 5.74) is 7.02. The van der Waals surface area contributed by atoms with Gasteiger partial charge in [-0.3, -0.25) is 0 Å². The lowest BCUT2D eigenvalue weighted by molar-refractivity contribution is -0.0697. The third kappa shape index (κ3) is 1.69. The van der Waals surface area contributed by atoms with Gasteiger partial charge in [-0.25, -0.2) is 9.67 Å². The molecule has 1 atom stereocenters. The largest absolute Gasteiger partial charge is 0.321 e. The van der Waals surface area contributed by atoms with Crippen molar-refractivity contribution < 1.29 is 0 Å². The van der Waals surface area contributed by atoms with Crippen LogP contribution in [0.3, 0.4) is 0 Å². The fourth-order valence-corrected chi connectivity index (χ4v) is 5.59. The van der Waals surface area contributed by atoms with E-state index in [0.717, 1.165) is 30.1 Å². The van der Waals surface area contributed by atoms with E-state index in [1.165, 1.54) is 38.5 Å². The molecule has 4 aliphatic carbocycles. The maximum absolute atomic E-state index is 6.69. The van der Waals surface area contributed by atoms with E-state index in [1.54, 1.807) is 6.33 Å². The highest BCUT2D eigenvalue weighted by Gasteiger charge is 2.54. The predicted octanol–water partition coefficient (Wildman–Crippen LogP) is 2.51. The van der Waals surface area contributed by atoms with Crippen molar-refractivity contribution in [3.05, 3.63) is 12.2 Å². The average Bonchev–Trinajstić information content (AvgIpc) is 2.84. The van der Waals surface area contributed by atoms with Crippen LogP contribution >= 0.6 is 0 Å². The molecule has 4 aliphatic rings. The van der Waals surface area contributed by atoms with Crippen LogP contribution in [0, 0.1) is 23.2 Å². The van der Waals surface area contributed by atoms with Gasteiger partial charge in [0.25, 0.3) is 0 Å². The number of aromatic nitrogens is 3. The molecule has 4 heteroatoms. The molecule has 1 unspecified atom stereocenters.